The molecule has 2 aliphatic rings. The molecule has 0 bridgehead atoms. The second-order valence-corrected chi connectivity index (χ2v) is 6.21. The largest absolute Gasteiger partial charge is 0.454 e. The van der Waals surface area contributed by atoms with Crippen molar-refractivity contribution in [3.05, 3.63) is 57.9 Å². The van der Waals surface area contributed by atoms with Gasteiger partial charge in [-0.05, 0) is 30.3 Å². The number of anilines is 1. The van der Waals surface area contributed by atoms with E-state index < -0.39 is 16.4 Å². The van der Waals surface area contributed by atoms with Gasteiger partial charge in [0, 0.05) is 31.7 Å². The molecular formula is C18H16FN3O5. The summed E-state index contributed by atoms with van der Waals surface area (Å²) in [5, 5.41) is 11.2. The maximum absolute atomic E-state index is 13.8. The van der Waals surface area contributed by atoms with Gasteiger partial charge in [-0.25, -0.2) is 0 Å². The molecule has 0 saturated carbocycles. The number of hydrogen-bond acceptors (Lipinski definition) is 6. The first-order chi connectivity index (χ1) is 13.0. The van der Waals surface area contributed by atoms with Gasteiger partial charge in [-0.15, -0.1) is 0 Å². The summed E-state index contributed by atoms with van der Waals surface area (Å²) in [6.45, 7) is 1.64. The lowest BCUT2D eigenvalue weighted by Gasteiger charge is -2.35. The Hall–Kier alpha value is -3.36. The van der Waals surface area contributed by atoms with Gasteiger partial charge in [-0.3, -0.25) is 14.9 Å². The number of halogens is 1. The lowest BCUT2D eigenvalue weighted by atomic mass is 10.1. The number of hydrogen-bond donors (Lipinski definition) is 0. The number of carbonyl (C=O) groups is 1. The molecule has 1 amide bonds. The van der Waals surface area contributed by atoms with Crippen LogP contribution >= 0.6 is 0 Å². The van der Waals surface area contributed by atoms with Gasteiger partial charge in [0.2, 0.25) is 12.6 Å². The molecular weight excluding hydrogens is 357 g/mol. The van der Waals surface area contributed by atoms with Gasteiger partial charge in [0.15, 0.2) is 11.5 Å². The Labute approximate surface area is 153 Å². The Morgan fingerprint density at radius 2 is 1.81 bits per heavy atom. The Morgan fingerprint density at radius 1 is 1.07 bits per heavy atom. The van der Waals surface area contributed by atoms with Crippen molar-refractivity contribution in [3.8, 4) is 11.5 Å². The van der Waals surface area contributed by atoms with Crippen LogP contribution in [0.2, 0.25) is 0 Å². The summed E-state index contributed by atoms with van der Waals surface area (Å²) < 4.78 is 24.4. The molecule has 8 nitrogen and oxygen atoms in total. The van der Waals surface area contributed by atoms with E-state index in [1.165, 1.54) is 12.1 Å². The topological polar surface area (TPSA) is 85.2 Å². The number of piperazine rings is 1. The second kappa shape index (κ2) is 6.75. The van der Waals surface area contributed by atoms with Crippen LogP contribution in [0.25, 0.3) is 0 Å². The van der Waals surface area contributed by atoms with E-state index in [9.17, 15) is 19.3 Å². The lowest BCUT2D eigenvalue weighted by molar-refractivity contribution is -0.386. The van der Waals surface area contributed by atoms with Gasteiger partial charge < -0.3 is 19.3 Å². The van der Waals surface area contributed by atoms with Gasteiger partial charge in [0.1, 0.15) is 5.69 Å². The number of benzene rings is 2. The van der Waals surface area contributed by atoms with Gasteiger partial charge in [-0.2, -0.15) is 4.39 Å². The summed E-state index contributed by atoms with van der Waals surface area (Å²) in [7, 11) is 0. The molecule has 0 unspecified atom stereocenters. The first-order valence-electron chi connectivity index (χ1n) is 8.41. The molecule has 2 heterocycles. The number of rotatable bonds is 3. The minimum atomic E-state index is -0.864. The number of nitro benzene ring substituents is 1. The zero-order valence-corrected chi connectivity index (χ0v) is 14.3. The number of nitro groups is 1. The van der Waals surface area contributed by atoms with Crippen LogP contribution in [0.4, 0.5) is 15.8 Å². The van der Waals surface area contributed by atoms with E-state index in [-0.39, 0.29) is 18.4 Å². The van der Waals surface area contributed by atoms with Crippen LogP contribution in [0.3, 0.4) is 0 Å². The molecule has 27 heavy (non-hydrogen) atoms. The Balaban J connectivity index is 1.47. The van der Waals surface area contributed by atoms with E-state index in [1.807, 2.05) is 0 Å². The number of fused-ring (bicyclic) bond motifs is 1. The van der Waals surface area contributed by atoms with Crippen LogP contribution in [-0.2, 0) is 0 Å². The van der Waals surface area contributed by atoms with Crippen LogP contribution in [0.1, 0.15) is 10.4 Å². The molecule has 2 aromatic carbocycles. The number of ether oxygens (including phenoxy) is 2. The minimum absolute atomic E-state index is 0.137. The highest BCUT2D eigenvalue weighted by atomic mass is 19.1. The van der Waals surface area contributed by atoms with Crippen molar-refractivity contribution in [1.29, 1.82) is 0 Å². The molecule has 0 N–H and O–H groups in total. The average molecular weight is 373 g/mol. The van der Waals surface area contributed by atoms with Crippen molar-refractivity contribution < 1.29 is 23.6 Å². The highest BCUT2D eigenvalue weighted by molar-refractivity contribution is 5.95. The highest BCUT2D eigenvalue weighted by Crippen LogP contribution is 2.34. The summed E-state index contributed by atoms with van der Waals surface area (Å²) in [6, 6.07) is 9.06. The number of nitrogens with zero attached hydrogens (tertiary/aromatic N) is 3. The summed E-state index contributed by atoms with van der Waals surface area (Å²) in [6.07, 6.45) is 0. The smallest absolute Gasteiger partial charge is 0.327 e. The van der Waals surface area contributed by atoms with Crippen molar-refractivity contribution in [2.24, 2.45) is 0 Å². The molecule has 0 spiro atoms. The fraction of sp³-hybridized carbons (Fsp3) is 0.278. The summed E-state index contributed by atoms with van der Waals surface area (Å²) in [5.74, 6) is 0.128. The van der Waals surface area contributed by atoms with E-state index in [0.29, 0.717) is 43.2 Å². The summed E-state index contributed by atoms with van der Waals surface area (Å²) in [4.78, 5) is 26.6. The quantitative estimate of drug-likeness (QED) is 0.607. The molecule has 1 saturated heterocycles. The maximum atomic E-state index is 13.8. The van der Waals surface area contributed by atoms with Gasteiger partial charge in [-0.1, -0.05) is 6.07 Å². The molecule has 0 radical (unpaired) electrons. The minimum Gasteiger partial charge on any atom is -0.454 e. The van der Waals surface area contributed by atoms with Crippen LogP contribution in [-0.4, -0.2) is 48.7 Å². The van der Waals surface area contributed by atoms with Crippen LogP contribution in [0.5, 0.6) is 11.5 Å². The normalized spacial score (nSPS) is 15.7. The molecule has 4 rings (SSSR count). The monoisotopic (exact) mass is 373 g/mol. The third kappa shape index (κ3) is 3.12. The third-order valence-corrected chi connectivity index (χ3v) is 4.68. The van der Waals surface area contributed by atoms with Crippen LogP contribution in [0, 0.1) is 15.9 Å². The zero-order valence-electron chi connectivity index (χ0n) is 14.3. The Morgan fingerprint density at radius 3 is 2.56 bits per heavy atom. The molecule has 140 valence electrons. The van der Waals surface area contributed by atoms with Gasteiger partial charge in [0.05, 0.1) is 4.92 Å². The highest BCUT2D eigenvalue weighted by Gasteiger charge is 2.29. The van der Waals surface area contributed by atoms with Crippen molar-refractivity contribution in [2.75, 3.05) is 37.9 Å². The predicted octanol–water partition coefficient (Wildman–Crippen LogP) is 2.43. The predicted molar refractivity (Wildman–Crippen MR) is 93.7 cm³/mol. The lowest BCUT2D eigenvalue weighted by Crippen LogP contribution is -2.49. The second-order valence-electron chi connectivity index (χ2n) is 6.21. The fourth-order valence-electron chi connectivity index (χ4n) is 3.30. The SMILES string of the molecule is O=C(c1ccc2c(c1)OCO2)N1CCN(c2cccc(F)c2[N+](=O)[O-])CC1. The fourth-order valence-corrected chi connectivity index (χ4v) is 3.30. The number of para-hydroxylation sites is 1. The van der Waals surface area contributed by atoms with Crippen molar-refractivity contribution in [1.82, 2.24) is 4.90 Å². The molecule has 1 fully saturated rings. The van der Waals surface area contributed by atoms with Crippen LogP contribution in [0.15, 0.2) is 36.4 Å². The van der Waals surface area contributed by atoms with Crippen LogP contribution < -0.4 is 14.4 Å². The summed E-state index contributed by atoms with van der Waals surface area (Å²) >= 11 is 0. The van der Waals surface area contributed by atoms with E-state index in [0.717, 1.165) is 6.07 Å². The van der Waals surface area contributed by atoms with Crippen molar-refractivity contribution >= 4 is 17.3 Å². The molecule has 0 atom stereocenters. The van der Waals surface area contributed by atoms with Crippen molar-refractivity contribution in [2.45, 2.75) is 0 Å². The molecule has 2 aliphatic heterocycles. The van der Waals surface area contributed by atoms with E-state index >= 15 is 0 Å². The van der Waals surface area contributed by atoms with E-state index in [2.05, 4.69) is 0 Å². The van der Waals surface area contributed by atoms with Gasteiger partial charge in [0.25, 0.3) is 5.91 Å². The zero-order chi connectivity index (χ0) is 19.0. The first kappa shape index (κ1) is 17.1. The van der Waals surface area contributed by atoms with Crippen molar-refractivity contribution in [3.63, 3.8) is 0 Å². The first-order valence-corrected chi connectivity index (χ1v) is 8.41. The molecule has 0 aromatic heterocycles. The third-order valence-electron chi connectivity index (χ3n) is 4.68. The Bertz CT molecular complexity index is 912. The van der Waals surface area contributed by atoms with E-state index in [4.69, 9.17) is 9.47 Å². The molecule has 0 aliphatic carbocycles. The number of amides is 1. The molecule has 9 heteroatoms. The Kier molecular flexibility index (Phi) is 4.27. The van der Waals surface area contributed by atoms with Gasteiger partial charge >= 0.3 is 5.69 Å². The number of carbonyl (C=O) groups excluding carboxylic acids is 1. The standard InChI is InChI=1S/C18H16FN3O5/c19-13-2-1-3-14(17(13)22(24)25)20-6-8-21(9-7-20)18(23)12-4-5-15-16(10-12)27-11-26-15/h1-5,10H,6-9,11H2. The summed E-state index contributed by atoms with van der Waals surface area (Å²) in [5.41, 5.74) is 0.188. The maximum Gasteiger partial charge on any atom is 0.327 e. The van der Waals surface area contributed by atoms with E-state index in [1.54, 1.807) is 28.0 Å². The molecule has 2 aromatic rings. The average Bonchev–Trinajstić information content (AvgIpc) is 3.15.